The first-order valence-corrected chi connectivity index (χ1v) is 7.12. The molecular formula is C15H21N3O3. The van der Waals surface area contributed by atoms with E-state index in [1.807, 2.05) is 12.1 Å². The maximum absolute atomic E-state index is 6.03. The van der Waals surface area contributed by atoms with Gasteiger partial charge in [-0.1, -0.05) is 6.07 Å². The van der Waals surface area contributed by atoms with E-state index >= 15 is 0 Å². The van der Waals surface area contributed by atoms with Crippen molar-refractivity contribution in [1.29, 1.82) is 0 Å². The zero-order valence-corrected chi connectivity index (χ0v) is 12.5. The van der Waals surface area contributed by atoms with Gasteiger partial charge in [0.1, 0.15) is 13.2 Å². The van der Waals surface area contributed by atoms with Crippen LogP contribution in [0.1, 0.15) is 12.5 Å². The number of rotatable bonds is 4. The molecule has 0 amide bonds. The number of hydrogen-bond acceptors (Lipinski definition) is 6. The van der Waals surface area contributed by atoms with Crippen LogP contribution in [0.5, 0.6) is 11.5 Å². The minimum Gasteiger partial charge on any atom is -0.486 e. The molecule has 0 bridgehead atoms. The Bertz CT molecular complexity index is 561. The lowest BCUT2D eigenvalue weighted by atomic mass is 9.90. The van der Waals surface area contributed by atoms with Gasteiger partial charge < -0.3 is 24.8 Å². The van der Waals surface area contributed by atoms with Gasteiger partial charge in [0, 0.05) is 13.7 Å². The summed E-state index contributed by atoms with van der Waals surface area (Å²) in [7, 11) is 1.69. The molecular weight excluding hydrogens is 270 g/mol. The van der Waals surface area contributed by atoms with Gasteiger partial charge in [0.2, 0.25) is 0 Å². The van der Waals surface area contributed by atoms with Crippen LogP contribution in [0.15, 0.2) is 23.2 Å². The van der Waals surface area contributed by atoms with Gasteiger partial charge in [-0.25, -0.2) is 0 Å². The Kier molecular flexibility index (Phi) is 3.63. The molecule has 1 unspecified atom stereocenters. The number of aliphatic imine (C=N–C) groups is 1. The lowest BCUT2D eigenvalue weighted by molar-refractivity contribution is 0.136. The van der Waals surface area contributed by atoms with Crippen molar-refractivity contribution in [1.82, 2.24) is 4.90 Å². The van der Waals surface area contributed by atoms with Crippen LogP contribution in [-0.4, -0.2) is 50.9 Å². The standard InChI is InChI=1S/C15H21N3O3/c1-15(10-17-14(16)18(15)5-6-19-2)11-3-4-12-13(9-11)21-8-7-20-12/h3-4,9H,5-8,10H2,1-2H3,(H2,16,17). The highest BCUT2D eigenvalue weighted by Gasteiger charge is 2.39. The second-order valence-corrected chi connectivity index (χ2v) is 5.45. The number of nitrogens with two attached hydrogens (primary N) is 1. The second-order valence-electron chi connectivity index (χ2n) is 5.45. The van der Waals surface area contributed by atoms with Gasteiger partial charge >= 0.3 is 0 Å². The predicted molar refractivity (Wildman–Crippen MR) is 79.9 cm³/mol. The number of hydrogen-bond donors (Lipinski definition) is 1. The van der Waals surface area contributed by atoms with Crippen LogP contribution in [0.3, 0.4) is 0 Å². The smallest absolute Gasteiger partial charge is 0.192 e. The van der Waals surface area contributed by atoms with E-state index in [4.69, 9.17) is 19.9 Å². The van der Waals surface area contributed by atoms with Gasteiger partial charge in [0.05, 0.1) is 18.7 Å². The van der Waals surface area contributed by atoms with E-state index in [0.717, 1.165) is 17.1 Å². The molecule has 114 valence electrons. The van der Waals surface area contributed by atoms with Crippen molar-refractivity contribution in [2.75, 3.05) is 40.0 Å². The monoisotopic (exact) mass is 291 g/mol. The number of guanidine groups is 1. The first-order valence-electron chi connectivity index (χ1n) is 7.12. The largest absolute Gasteiger partial charge is 0.486 e. The minimum atomic E-state index is -0.279. The van der Waals surface area contributed by atoms with Gasteiger partial charge in [0.25, 0.3) is 0 Å². The average molecular weight is 291 g/mol. The molecule has 3 rings (SSSR count). The summed E-state index contributed by atoms with van der Waals surface area (Å²) in [6.07, 6.45) is 0. The van der Waals surface area contributed by atoms with E-state index in [2.05, 4.69) is 22.9 Å². The summed E-state index contributed by atoms with van der Waals surface area (Å²) in [5, 5.41) is 0. The van der Waals surface area contributed by atoms with Crippen molar-refractivity contribution < 1.29 is 14.2 Å². The molecule has 0 saturated heterocycles. The molecule has 1 aromatic rings. The predicted octanol–water partition coefficient (Wildman–Crippen LogP) is 0.950. The fourth-order valence-corrected chi connectivity index (χ4v) is 2.83. The van der Waals surface area contributed by atoms with Crippen LogP contribution in [0, 0.1) is 0 Å². The van der Waals surface area contributed by atoms with Crippen LogP contribution < -0.4 is 15.2 Å². The summed E-state index contributed by atoms with van der Waals surface area (Å²) >= 11 is 0. The van der Waals surface area contributed by atoms with Gasteiger partial charge in [-0.05, 0) is 24.6 Å². The highest BCUT2D eigenvalue weighted by Crippen LogP contribution is 2.38. The van der Waals surface area contributed by atoms with Crippen molar-refractivity contribution in [2.45, 2.75) is 12.5 Å². The number of ether oxygens (including phenoxy) is 3. The third-order valence-electron chi connectivity index (χ3n) is 4.10. The Hall–Kier alpha value is -1.95. The lowest BCUT2D eigenvalue weighted by Crippen LogP contribution is -2.48. The summed E-state index contributed by atoms with van der Waals surface area (Å²) in [5.74, 6) is 2.14. The molecule has 0 spiro atoms. The van der Waals surface area contributed by atoms with Crippen molar-refractivity contribution in [3.05, 3.63) is 23.8 Å². The Morgan fingerprint density at radius 2 is 2.10 bits per heavy atom. The van der Waals surface area contributed by atoms with E-state index in [0.29, 0.717) is 38.9 Å². The van der Waals surface area contributed by atoms with Crippen LogP contribution in [0.4, 0.5) is 0 Å². The van der Waals surface area contributed by atoms with Crippen molar-refractivity contribution in [3.63, 3.8) is 0 Å². The topological polar surface area (TPSA) is 69.3 Å². The Morgan fingerprint density at radius 3 is 2.86 bits per heavy atom. The summed E-state index contributed by atoms with van der Waals surface area (Å²) in [5.41, 5.74) is 6.87. The highest BCUT2D eigenvalue weighted by molar-refractivity contribution is 5.81. The van der Waals surface area contributed by atoms with Crippen LogP contribution >= 0.6 is 0 Å². The second kappa shape index (κ2) is 5.44. The zero-order chi connectivity index (χ0) is 14.9. The first kappa shape index (κ1) is 14.0. The van der Waals surface area contributed by atoms with Gasteiger partial charge in [-0.2, -0.15) is 0 Å². The lowest BCUT2D eigenvalue weighted by Gasteiger charge is -2.37. The number of benzene rings is 1. The molecule has 2 heterocycles. The third-order valence-corrected chi connectivity index (χ3v) is 4.10. The van der Waals surface area contributed by atoms with E-state index < -0.39 is 0 Å². The summed E-state index contributed by atoms with van der Waals surface area (Å²) in [4.78, 5) is 6.49. The number of fused-ring (bicyclic) bond motifs is 1. The van der Waals surface area contributed by atoms with Crippen LogP contribution in [-0.2, 0) is 10.3 Å². The van der Waals surface area contributed by atoms with Gasteiger partial charge in [0.15, 0.2) is 17.5 Å². The molecule has 0 aliphatic carbocycles. The summed E-state index contributed by atoms with van der Waals surface area (Å²) < 4.78 is 16.4. The van der Waals surface area contributed by atoms with Crippen molar-refractivity contribution in [3.8, 4) is 11.5 Å². The van der Waals surface area contributed by atoms with Crippen LogP contribution in [0.25, 0.3) is 0 Å². The van der Waals surface area contributed by atoms with Crippen molar-refractivity contribution in [2.24, 2.45) is 10.7 Å². The number of nitrogens with zero attached hydrogens (tertiary/aromatic N) is 2. The normalized spacial score (nSPS) is 24.1. The molecule has 1 aromatic carbocycles. The molecule has 0 aromatic heterocycles. The molecule has 6 heteroatoms. The van der Waals surface area contributed by atoms with E-state index in [1.54, 1.807) is 7.11 Å². The molecule has 0 saturated carbocycles. The molecule has 21 heavy (non-hydrogen) atoms. The quantitative estimate of drug-likeness (QED) is 0.894. The summed E-state index contributed by atoms with van der Waals surface area (Å²) in [6, 6.07) is 6.04. The minimum absolute atomic E-state index is 0.279. The molecule has 2 aliphatic heterocycles. The maximum atomic E-state index is 6.03. The molecule has 2 aliphatic rings. The van der Waals surface area contributed by atoms with E-state index in [1.165, 1.54) is 0 Å². The van der Waals surface area contributed by atoms with E-state index in [9.17, 15) is 0 Å². The first-order chi connectivity index (χ1) is 10.1. The van der Waals surface area contributed by atoms with Crippen molar-refractivity contribution >= 4 is 5.96 Å². The van der Waals surface area contributed by atoms with E-state index in [-0.39, 0.29) is 5.54 Å². The maximum Gasteiger partial charge on any atom is 0.192 e. The Balaban J connectivity index is 1.90. The highest BCUT2D eigenvalue weighted by atomic mass is 16.6. The Morgan fingerprint density at radius 1 is 1.33 bits per heavy atom. The molecule has 1 atom stereocenters. The zero-order valence-electron chi connectivity index (χ0n) is 12.5. The molecule has 6 nitrogen and oxygen atoms in total. The van der Waals surface area contributed by atoms with Crippen LogP contribution in [0.2, 0.25) is 0 Å². The van der Waals surface area contributed by atoms with Gasteiger partial charge in [-0.3, -0.25) is 4.99 Å². The fourth-order valence-electron chi connectivity index (χ4n) is 2.83. The molecule has 2 N–H and O–H groups in total. The SMILES string of the molecule is COCCN1C(N)=NCC1(C)c1ccc2c(c1)OCCO2. The molecule has 0 radical (unpaired) electrons. The van der Waals surface area contributed by atoms with Gasteiger partial charge in [-0.15, -0.1) is 0 Å². The Labute approximate surface area is 124 Å². The average Bonchev–Trinajstić information content (AvgIpc) is 2.81. The molecule has 0 fully saturated rings. The number of methoxy groups -OCH3 is 1. The summed E-state index contributed by atoms with van der Waals surface area (Å²) in [6.45, 7) is 5.26. The third kappa shape index (κ3) is 2.40. The fraction of sp³-hybridized carbons (Fsp3) is 0.533.